The first kappa shape index (κ1) is 12.1. The average molecular weight is 234 g/mol. The minimum absolute atomic E-state index is 0.593. The van der Waals surface area contributed by atoms with Gasteiger partial charge in [-0.1, -0.05) is 11.1 Å². The number of hydrogen-bond donors (Lipinski definition) is 1. The molecule has 0 unspecified atom stereocenters. The molecule has 0 atom stereocenters. The van der Waals surface area contributed by atoms with E-state index < -0.39 is 0 Å². The van der Waals surface area contributed by atoms with Crippen molar-refractivity contribution < 1.29 is 4.52 Å². The maximum Gasteiger partial charge on any atom is 0.213 e. The van der Waals surface area contributed by atoms with Gasteiger partial charge in [0.05, 0.1) is 6.54 Å². The summed E-state index contributed by atoms with van der Waals surface area (Å²) >= 11 is 0. The van der Waals surface area contributed by atoms with E-state index in [1.165, 1.54) is 6.39 Å². The highest BCUT2D eigenvalue weighted by atomic mass is 16.5. The molecule has 0 aliphatic carbocycles. The summed E-state index contributed by atoms with van der Waals surface area (Å²) in [5.74, 6) is 3.46. The third-order valence-electron chi connectivity index (χ3n) is 3.09. The molecule has 1 N–H and O–H groups in total. The summed E-state index contributed by atoms with van der Waals surface area (Å²) in [6.45, 7) is 3.85. The molecule has 0 radical (unpaired) electrons. The summed E-state index contributed by atoms with van der Waals surface area (Å²) in [6.07, 6.45) is 9.81. The number of nitrogens with zero attached hydrogens (tertiary/aromatic N) is 3. The topological polar surface area (TPSA) is 54.2 Å². The number of aromatic nitrogens is 2. The molecule has 92 valence electrons. The van der Waals surface area contributed by atoms with Crippen molar-refractivity contribution in [3.63, 3.8) is 0 Å². The standard InChI is InChI=1S/C12H18N4O/c1-2-7-16-8-4-11(5-9-16)13-6-3-12-14-10-17-15-12/h1,10-11,13H,3-9H2. The summed E-state index contributed by atoms with van der Waals surface area (Å²) in [7, 11) is 0. The second-order valence-electron chi connectivity index (χ2n) is 4.31. The summed E-state index contributed by atoms with van der Waals surface area (Å²) in [5, 5.41) is 7.30. The van der Waals surface area contributed by atoms with Gasteiger partial charge >= 0.3 is 0 Å². The molecule has 1 saturated heterocycles. The fourth-order valence-corrected chi connectivity index (χ4v) is 2.11. The highest BCUT2D eigenvalue weighted by Crippen LogP contribution is 2.09. The van der Waals surface area contributed by atoms with Gasteiger partial charge in [-0.25, -0.2) is 0 Å². The fourth-order valence-electron chi connectivity index (χ4n) is 2.11. The Morgan fingerprint density at radius 3 is 3.00 bits per heavy atom. The highest BCUT2D eigenvalue weighted by Gasteiger charge is 2.17. The van der Waals surface area contributed by atoms with Gasteiger partial charge in [-0.3, -0.25) is 4.90 Å². The number of likely N-dealkylation sites (tertiary alicyclic amines) is 1. The van der Waals surface area contributed by atoms with Crippen molar-refractivity contribution in [2.75, 3.05) is 26.2 Å². The Morgan fingerprint density at radius 1 is 1.53 bits per heavy atom. The van der Waals surface area contributed by atoms with E-state index in [-0.39, 0.29) is 0 Å². The molecule has 0 amide bonds. The number of piperidine rings is 1. The van der Waals surface area contributed by atoms with Crippen LogP contribution in [0.1, 0.15) is 18.7 Å². The third-order valence-corrected chi connectivity index (χ3v) is 3.09. The molecular formula is C12H18N4O. The number of hydrogen-bond acceptors (Lipinski definition) is 5. The maximum absolute atomic E-state index is 5.30. The van der Waals surface area contributed by atoms with Crippen molar-refractivity contribution in [1.29, 1.82) is 0 Å². The number of nitrogens with one attached hydrogen (secondary N) is 1. The van der Waals surface area contributed by atoms with Crippen LogP contribution < -0.4 is 5.32 Å². The number of terminal acetylenes is 1. The first-order chi connectivity index (χ1) is 8.38. The first-order valence-corrected chi connectivity index (χ1v) is 6.03. The summed E-state index contributed by atoms with van der Waals surface area (Å²) in [6, 6.07) is 0.593. The van der Waals surface area contributed by atoms with E-state index in [0.717, 1.165) is 51.3 Å². The predicted octanol–water partition coefficient (Wildman–Crippen LogP) is 0.299. The molecule has 1 fully saturated rings. The maximum atomic E-state index is 5.30. The molecule has 17 heavy (non-hydrogen) atoms. The molecular weight excluding hydrogens is 216 g/mol. The Balaban J connectivity index is 1.60. The van der Waals surface area contributed by atoms with Crippen LogP contribution in [0.25, 0.3) is 0 Å². The monoisotopic (exact) mass is 234 g/mol. The second kappa shape index (κ2) is 6.38. The zero-order valence-electron chi connectivity index (χ0n) is 9.93. The van der Waals surface area contributed by atoms with Crippen LogP contribution in [0.15, 0.2) is 10.9 Å². The van der Waals surface area contributed by atoms with Crippen LogP contribution in [-0.4, -0.2) is 47.3 Å². The van der Waals surface area contributed by atoms with Crippen LogP contribution in [0.4, 0.5) is 0 Å². The summed E-state index contributed by atoms with van der Waals surface area (Å²) in [4.78, 5) is 6.30. The van der Waals surface area contributed by atoms with E-state index in [1.807, 2.05) is 0 Å². The molecule has 2 heterocycles. The molecule has 0 saturated carbocycles. The van der Waals surface area contributed by atoms with Gasteiger partial charge in [0.1, 0.15) is 0 Å². The van der Waals surface area contributed by atoms with Crippen LogP contribution in [0, 0.1) is 12.3 Å². The molecule has 5 nitrogen and oxygen atoms in total. The largest absolute Gasteiger partial charge is 0.343 e. The van der Waals surface area contributed by atoms with Crippen molar-refractivity contribution in [2.24, 2.45) is 0 Å². The van der Waals surface area contributed by atoms with Crippen molar-refractivity contribution in [2.45, 2.75) is 25.3 Å². The van der Waals surface area contributed by atoms with Crippen molar-refractivity contribution in [1.82, 2.24) is 20.4 Å². The van der Waals surface area contributed by atoms with Gasteiger partial charge in [0.15, 0.2) is 5.82 Å². The minimum atomic E-state index is 0.593. The van der Waals surface area contributed by atoms with Gasteiger partial charge in [0.25, 0.3) is 0 Å². The molecule has 5 heteroatoms. The second-order valence-corrected chi connectivity index (χ2v) is 4.31. The third kappa shape index (κ3) is 3.84. The van der Waals surface area contributed by atoms with E-state index >= 15 is 0 Å². The summed E-state index contributed by atoms with van der Waals surface area (Å²) < 4.78 is 4.68. The molecule has 0 spiro atoms. The molecule has 2 rings (SSSR count). The lowest BCUT2D eigenvalue weighted by molar-refractivity contribution is 0.218. The zero-order valence-corrected chi connectivity index (χ0v) is 9.93. The van der Waals surface area contributed by atoms with Crippen LogP contribution >= 0.6 is 0 Å². The lowest BCUT2D eigenvalue weighted by Crippen LogP contribution is -2.43. The van der Waals surface area contributed by atoms with Gasteiger partial charge in [0.2, 0.25) is 6.39 Å². The smallest absolute Gasteiger partial charge is 0.213 e. The van der Waals surface area contributed by atoms with Crippen LogP contribution in [0.3, 0.4) is 0 Å². The first-order valence-electron chi connectivity index (χ1n) is 6.03. The van der Waals surface area contributed by atoms with E-state index in [4.69, 9.17) is 6.42 Å². The molecule has 1 aromatic rings. The highest BCUT2D eigenvalue weighted by molar-refractivity contribution is 4.90. The Morgan fingerprint density at radius 2 is 2.35 bits per heavy atom. The Kier molecular flexibility index (Phi) is 4.54. The van der Waals surface area contributed by atoms with Crippen molar-refractivity contribution in [3.8, 4) is 12.3 Å². The lowest BCUT2D eigenvalue weighted by atomic mass is 10.1. The normalized spacial score (nSPS) is 18.1. The van der Waals surface area contributed by atoms with Crippen molar-refractivity contribution in [3.05, 3.63) is 12.2 Å². The predicted molar refractivity (Wildman–Crippen MR) is 64.3 cm³/mol. The number of rotatable bonds is 5. The molecule has 0 aromatic carbocycles. The van der Waals surface area contributed by atoms with E-state index in [2.05, 4.69) is 30.8 Å². The Hall–Kier alpha value is -1.38. The van der Waals surface area contributed by atoms with Gasteiger partial charge in [0, 0.05) is 32.1 Å². The van der Waals surface area contributed by atoms with E-state index in [0.29, 0.717) is 6.04 Å². The lowest BCUT2D eigenvalue weighted by Gasteiger charge is -2.31. The van der Waals surface area contributed by atoms with Crippen molar-refractivity contribution >= 4 is 0 Å². The van der Waals surface area contributed by atoms with Gasteiger partial charge in [-0.05, 0) is 12.8 Å². The van der Waals surface area contributed by atoms with Crippen LogP contribution in [0.5, 0.6) is 0 Å². The Bertz CT molecular complexity index is 349. The zero-order chi connectivity index (χ0) is 11.9. The molecule has 1 aliphatic rings. The molecule has 1 aliphatic heterocycles. The van der Waals surface area contributed by atoms with E-state index in [1.54, 1.807) is 0 Å². The van der Waals surface area contributed by atoms with Crippen LogP contribution in [-0.2, 0) is 6.42 Å². The van der Waals surface area contributed by atoms with E-state index in [9.17, 15) is 0 Å². The van der Waals surface area contributed by atoms with Gasteiger partial charge < -0.3 is 9.84 Å². The SMILES string of the molecule is C#CCN1CCC(NCCc2ncon2)CC1. The minimum Gasteiger partial charge on any atom is -0.343 e. The van der Waals surface area contributed by atoms with Crippen LogP contribution in [0.2, 0.25) is 0 Å². The Labute approximate surface area is 102 Å². The van der Waals surface area contributed by atoms with Gasteiger partial charge in [-0.2, -0.15) is 4.98 Å². The fraction of sp³-hybridized carbons (Fsp3) is 0.667. The molecule has 1 aromatic heterocycles. The molecule has 0 bridgehead atoms. The van der Waals surface area contributed by atoms with Gasteiger partial charge in [-0.15, -0.1) is 6.42 Å². The summed E-state index contributed by atoms with van der Waals surface area (Å²) in [5.41, 5.74) is 0. The quantitative estimate of drug-likeness (QED) is 0.743. The average Bonchev–Trinajstić information content (AvgIpc) is 2.85.